The molecule has 0 aliphatic heterocycles. The van der Waals surface area contributed by atoms with E-state index < -0.39 is 11.6 Å². The monoisotopic (exact) mass is 283 g/mol. The van der Waals surface area contributed by atoms with E-state index in [9.17, 15) is 4.79 Å². The van der Waals surface area contributed by atoms with Crippen LogP contribution in [0.2, 0.25) is 0 Å². The zero-order chi connectivity index (χ0) is 15.5. The van der Waals surface area contributed by atoms with Crippen LogP contribution in [-0.2, 0) is 9.53 Å². The number of carbonyl (C=O) groups is 1. The summed E-state index contributed by atoms with van der Waals surface area (Å²) < 4.78 is 5.32. The standard InChI is InChI=1S/C18H21NO2/c1-13(17(20)21-18(2,3)4)19-12-15-10-7-9-14-8-5-6-11-16(14)15/h5-13H,1-4H3. The van der Waals surface area contributed by atoms with Crippen molar-refractivity contribution < 1.29 is 9.53 Å². The zero-order valence-electron chi connectivity index (χ0n) is 13.0. The Labute approximate surface area is 125 Å². The number of benzene rings is 2. The van der Waals surface area contributed by atoms with Gasteiger partial charge in [-0.25, -0.2) is 4.79 Å². The molecule has 0 heterocycles. The van der Waals surface area contributed by atoms with Crippen molar-refractivity contribution in [3.63, 3.8) is 0 Å². The summed E-state index contributed by atoms with van der Waals surface area (Å²) in [6.07, 6.45) is 1.75. The molecule has 21 heavy (non-hydrogen) atoms. The van der Waals surface area contributed by atoms with E-state index in [1.54, 1.807) is 13.1 Å². The van der Waals surface area contributed by atoms with Gasteiger partial charge < -0.3 is 4.74 Å². The van der Waals surface area contributed by atoms with Gasteiger partial charge in [-0.15, -0.1) is 0 Å². The molecule has 0 aromatic heterocycles. The first kappa shape index (κ1) is 15.2. The highest BCUT2D eigenvalue weighted by atomic mass is 16.6. The van der Waals surface area contributed by atoms with Gasteiger partial charge in [0.25, 0.3) is 0 Å². The molecule has 1 unspecified atom stereocenters. The lowest BCUT2D eigenvalue weighted by molar-refractivity contribution is -0.155. The maximum Gasteiger partial charge on any atom is 0.331 e. The van der Waals surface area contributed by atoms with Crippen LogP contribution in [0.4, 0.5) is 0 Å². The van der Waals surface area contributed by atoms with Crippen molar-refractivity contribution >= 4 is 23.0 Å². The highest BCUT2D eigenvalue weighted by Crippen LogP contribution is 2.17. The van der Waals surface area contributed by atoms with Gasteiger partial charge in [-0.2, -0.15) is 0 Å². The first-order chi connectivity index (χ1) is 9.87. The van der Waals surface area contributed by atoms with Crippen molar-refractivity contribution in [2.45, 2.75) is 39.3 Å². The smallest absolute Gasteiger partial charge is 0.331 e. The molecule has 0 aliphatic rings. The molecule has 0 N–H and O–H groups in total. The Kier molecular flexibility index (Phi) is 4.41. The summed E-state index contributed by atoms with van der Waals surface area (Å²) in [6.45, 7) is 7.31. The minimum absolute atomic E-state index is 0.306. The van der Waals surface area contributed by atoms with Gasteiger partial charge >= 0.3 is 5.97 Å². The maximum absolute atomic E-state index is 11.9. The molecule has 2 rings (SSSR count). The second kappa shape index (κ2) is 6.08. The maximum atomic E-state index is 11.9. The molecule has 0 aliphatic carbocycles. The SMILES string of the molecule is CC(N=Cc1cccc2ccccc12)C(=O)OC(C)(C)C. The van der Waals surface area contributed by atoms with E-state index >= 15 is 0 Å². The largest absolute Gasteiger partial charge is 0.458 e. The normalized spacial score (nSPS) is 13.5. The summed E-state index contributed by atoms with van der Waals surface area (Å²) in [5.74, 6) is -0.306. The molecule has 2 aromatic carbocycles. The van der Waals surface area contributed by atoms with E-state index in [4.69, 9.17) is 4.74 Å². The number of fused-ring (bicyclic) bond motifs is 1. The Balaban J connectivity index is 2.18. The van der Waals surface area contributed by atoms with Gasteiger partial charge in [0.2, 0.25) is 0 Å². The van der Waals surface area contributed by atoms with Gasteiger partial charge in [0.15, 0.2) is 0 Å². The molecule has 0 fully saturated rings. The van der Waals surface area contributed by atoms with Crippen molar-refractivity contribution in [1.82, 2.24) is 0 Å². The predicted molar refractivity (Wildman–Crippen MR) is 86.8 cm³/mol. The van der Waals surface area contributed by atoms with Crippen molar-refractivity contribution in [3.8, 4) is 0 Å². The summed E-state index contributed by atoms with van der Waals surface area (Å²) in [5, 5.41) is 2.28. The lowest BCUT2D eigenvalue weighted by atomic mass is 10.1. The van der Waals surface area contributed by atoms with E-state index in [0.29, 0.717) is 0 Å². The van der Waals surface area contributed by atoms with Crippen LogP contribution in [0.5, 0.6) is 0 Å². The number of aliphatic imine (C=N–C) groups is 1. The van der Waals surface area contributed by atoms with Crippen molar-refractivity contribution in [2.24, 2.45) is 4.99 Å². The fourth-order valence-corrected chi connectivity index (χ4v) is 2.00. The van der Waals surface area contributed by atoms with Gasteiger partial charge in [0.1, 0.15) is 11.6 Å². The molecule has 0 spiro atoms. The molecular formula is C18H21NO2. The van der Waals surface area contributed by atoms with Crippen LogP contribution in [0, 0.1) is 0 Å². The second-order valence-electron chi connectivity index (χ2n) is 6.06. The molecule has 1 atom stereocenters. The molecule has 3 nitrogen and oxygen atoms in total. The van der Waals surface area contributed by atoms with Crippen LogP contribution in [0.3, 0.4) is 0 Å². The van der Waals surface area contributed by atoms with Gasteiger partial charge in [-0.1, -0.05) is 42.5 Å². The number of ether oxygens (including phenoxy) is 1. The van der Waals surface area contributed by atoms with Crippen LogP contribution in [-0.4, -0.2) is 23.8 Å². The van der Waals surface area contributed by atoms with Crippen molar-refractivity contribution in [1.29, 1.82) is 0 Å². The first-order valence-electron chi connectivity index (χ1n) is 7.10. The Bertz CT molecular complexity index is 663. The number of rotatable bonds is 3. The molecule has 3 heteroatoms. The zero-order valence-corrected chi connectivity index (χ0v) is 13.0. The summed E-state index contributed by atoms with van der Waals surface area (Å²) in [5.41, 5.74) is 0.517. The fraction of sp³-hybridized carbons (Fsp3) is 0.333. The van der Waals surface area contributed by atoms with Crippen LogP contribution in [0.25, 0.3) is 10.8 Å². The molecule has 0 saturated carbocycles. The third-order valence-electron chi connectivity index (χ3n) is 3.01. The summed E-state index contributed by atoms with van der Waals surface area (Å²) in [4.78, 5) is 16.2. The van der Waals surface area contributed by atoms with Gasteiger partial charge in [-0.05, 0) is 38.5 Å². The number of hydrogen-bond donors (Lipinski definition) is 0. The summed E-state index contributed by atoms with van der Waals surface area (Å²) in [6, 6.07) is 13.6. The molecule has 2 aromatic rings. The molecule has 0 amide bonds. The highest BCUT2D eigenvalue weighted by molar-refractivity contribution is 6.00. The average molecular weight is 283 g/mol. The number of carbonyl (C=O) groups excluding carboxylic acids is 1. The minimum Gasteiger partial charge on any atom is -0.458 e. The van der Waals surface area contributed by atoms with Gasteiger partial charge in [0, 0.05) is 11.8 Å². The topological polar surface area (TPSA) is 38.7 Å². The van der Waals surface area contributed by atoms with E-state index in [2.05, 4.69) is 23.2 Å². The van der Waals surface area contributed by atoms with Gasteiger partial charge in [-0.3, -0.25) is 4.99 Å². The second-order valence-corrected chi connectivity index (χ2v) is 6.06. The third-order valence-corrected chi connectivity index (χ3v) is 3.01. The third kappa shape index (κ3) is 4.15. The first-order valence-corrected chi connectivity index (χ1v) is 7.10. The highest BCUT2D eigenvalue weighted by Gasteiger charge is 2.20. The Morgan fingerprint density at radius 2 is 1.81 bits per heavy atom. The minimum atomic E-state index is -0.511. The Morgan fingerprint density at radius 1 is 1.14 bits per heavy atom. The fourth-order valence-electron chi connectivity index (χ4n) is 2.00. The number of esters is 1. The molecular weight excluding hydrogens is 262 g/mol. The molecule has 0 bridgehead atoms. The van der Waals surface area contributed by atoms with E-state index in [1.165, 1.54) is 0 Å². The molecule has 0 saturated heterocycles. The van der Waals surface area contributed by atoms with E-state index in [1.807, 2.05) is 45.0 Å². The Morgan fingerprint density at radius 3 is 2.52 bits per heavy atom. The van der Waals surface area contributed by atoms with E-state index in [0.717, 1.165) is 16.3 Å². The molecule has 0 radical (unpaired) electrons. The Hall–Kier alpha value is -2.16. The summed E-state index contributed by atoms with van der Waals surface area (Å²) in [7, 11) is 0. The molecule has 110 valence electrons. The van der Waals surface area contributed by atoms with Crippen molar-refractivity contribution in [3.05, 3.63) is 48.0 Å². The van der Waals surface area contributed by atoms with E-state index in [-0.39, 0.29) is 5.97 Å². The van der Waals surface area contributed by atoms with Crippen LogP contribution < -0.4 is 0 Å². The average Bonchev–Trinajstić information content (AvgIpc) is 2.42. The number of hydrogen-bond acceptors (Lipinski definition) is 3. The quantitative estimate of drug-likeness (QED) is 0.631. The van der Waals surface area contributed by atoms with Gasteiger partial charge in [0.05, 0.1) is 0 Å². The lowest BCUT2D eigenvalue weighted by Gasteiger charge is -2.20. The van der Waals surface area contributed by atoms with Crippen LogP contribution in [0.1, 0.15) is 33.3 Å². The van der Waals surface area contributed by atoms with Crippen LogP contribution in [0.15, 0.2) is 47.5 Å². The number of nitrogens with zero attached hydrogens (tertiary/aromatic N) is 1. The predicted octanol–water partition coefficient (Wildman–Crippen LogP) is 3.99. The summed E-state index contributed by atoms with van der Waals surface area (Å²) >= 11 is 0. The van der Waals surface area contributed by atoms with Crippen LogP contribution >= 0.6 is 0 Å². The lowest BCUT2D eigenvalue weighted by Crippen LogP contribution is -2.29. The van der Waals surface area contributed by atoms with Crippen molar-refractivity contribution in [2.75, 3.05) is 0 Å².